The van der Waals surface area contributed by atoms with Crippen LogP contribution < -0.4 is 0 Å². The van der Waals surface area contributed by atoms with E-state index in [1.807, 2.05) is 18.2 Å². The Morgan fingerprint density at radius 1 is 0.686 bits per heavy atom. The van der Waals surface area contributed by atoms with Crippen molar-refractivity contribution in [2.24, 2.45) is 5.92 Å². The monoisotopic (exact) mass is 502 g/mol. The van der Waals surface area contributed by atoms with Gasteiger partial charge in [0.15, 0.2) is 0 Å². The number of hydrogen-bond donors (Lipinski definition) is 0. The van der Waals surface area contributed by atoms with Crippen molar-refractivity contribution >= 4 is 26.9 Å². The highest BCUT2D eigenvalue weighted by atomic mass is 32.2. The van der Waals surface area contributed by atoms with E-state index in [9.17, 15) is 13.2 Å². The molecule has 0 aliphatic carbocycles. The smallest absolute Gasteiger partial charge is 0.342 e. The molecule has 0 heterocycles. The van der Waals surface area contributed by atoms with E-state index in [1.165, 1.54) is 70.3 Å². The molecule has 0 bridgehead atoms. The van der Waals surface area contributed by atoms with Gasteiger partial charge in [-0.3, -0.25) is 4.79 Å². The highest BCUT2D eigenvalue weighted by Crippen LogP contribution is 2.27. The van der Waals surface area contributed by atoms with Gasteiger partial charge in [-0.25, -0.2) is 0 Å². The van der Waals surface area contributed by atoms with Crippen molar-refractivity contribution in [3.8, 4) is 0 Å². The van der Waals surface area contributed by atoms with Gasteiger partial charge in [0, 0.05) is 5.39 Å². The average Bonchev–Trinajstić information content (AvgIpc) is 2.85. The zero-order chi connectivity index (χ0) is 25.4. The Balaban J connectivity index is 1.96. The van der Waals surface area contributed by atoms with Crippen LogP contribution in [0.5, 0.6) is 0 Å². The Bertz CT molecular complexity index is 944. The summed E-state index contributed by atoms with van der Waals surface area (Å²) >= 11 is 0. The van der Waals surface area contributed by atoms with Crippen LogP contribution in [0.25, 0.3) is 10.8 Å². The number of carbonyl (C=O) groups excluding carboxylic acids is 1. The highest BCUT2D eigenvalue weighted by molar-refractivity contribution is 7.87. The lowest BCUT2D eigenvalue weighted by atomic mass is 9.94. The molecule has 0 atom stereocenters. The summed E-state index contributed by atoms with van der Waals surface area (Å²) in [5.41, 5.74) is 0. The Kier molecular flexibility index (Phi) is 14.0. The fourth-order valence-corrected chi connectivity index (χ4v) is 5.85. The molecule has 0 N–H and O–H groups in total. The van der Waals surface area contributed by atoms with E-state index in [4.69, 9.17) is 4.18 Å². The number of carbonyl (C=O) groups is 1. The van der Waals surface area contributed by atoms with Crippen molar-refractivity contribution in [1.29, 1.82) is 0 Å². The summed E-state index contributed by atoms with van der Waals surface area (Å²) < 4.78 is 31.4. The molecular weight excluding hydrogens is 456 g/mol. The van der Waals surface area contributed by atoms with Gasteiger partial charge in [-0.05, 0) is 24.3 Å². The fourth-order valence-electron chi connectivity index (χ4n) is 4.71. The van der Waals surface area contributed by atoms with Crippen LogP contribution in [0.2, 0.25) is 0 Å². The normalized spacial score (nSPS) is 11.9. The van der Waals surface area contributed by atoms with Gasteiger partial charge in [0.2, 0.25) is 0 Å². The zero-order valence-corrected chi connectivity index (χ0v) is 22.8. The van der Waals surface area contributed by atoms with Crippen LogP contribution in [0.15, 0.2) is 47.4 Å². The Labute approximate surface area is 214 Å². The second kappa shape index (κ2) is 16.7. The topological polar surface area (TPSA) is 60.4 Å². The summed E-state index contributed by atoms with van der Waals surface area (Å²) in [6, 6.07) is 12.4. The minimum Gasteiger partial charge on any atom is -0.342 e. The van der Waals surface area contributed by atoms with Crippen molar-refractivity contribution in [2.75, 3.05) is 0 Å². The first kappa shape index (κ1) is 29.4. The summed E-state index contributed by atoms with van der Waals surface area (Å²) in [6.07, 6.45) is 17.8. The molecule has 2 rings (SSSR count). The molecule has 0 saturated heterocycles. The summed E-state index contributed by atoms with van der Waals surface area (Å²) in [5, 5.41) is 1.39. The third-order valence-corrected chi connectivity index (χ3v) is 8.13. The molecule has 0 saturated carbocycles. The highest BCUT2D eigenvalue weighted by Gasteiger charge is 2.27. The third kappa shape index (κ3) is 10.7. The molecule has 0 amide bonds. The van der Waals surface area contributed by atoms with Crippen LogP contribution in [-0.4, -0.2) is 14.4 Å². The minimum absolute atomic E-state index is 0.0644. The van der Waals surface area contributed by atoms with Crippen LogP contribution in [0.1, 0.15) is 117 Å². The number of hydrogen-bond acceptors (Lipinski definition) is 4. The van der Waals surface area contributed by atoms with Gasteiger partial charge in [-0.1, -0.05) is 140 Å². The molecule has 196 valence electrons. The summed E-state index contributed by atoms with van der Waals surface area (Å²) in [4.78, 5) is 13.1. The maximum absolute atomic E-state index is 13.1. The number of rotatable bonds is 19. The van der Waals surface area contributed by atoms with Gasteiger partial charge in [0.1, 0.15) is 4.90 Å². The van der Waals surface area contributed by atoms with Gasteiger partial charge in [0.05, 0.1) is 5.92 Å². The van der Waals surface area contributed by atoms with E-state index in [0.717, 1.165) is 31.1 Å². The van der Waals surface area contributed by atoms with Gasteiger partial charge in [-0.2, -0.15) is 8.42 Å². The first-order chi connectivity index (χ1) is 17.0. The number of fused-ring (bicyclic) bond motifs is 1. The molecule has 0 spiro atoms. The molecule has 0 aliphatic rings. The second-order valence-electron chi connectivity index (χ2n) is 9.85. The van der Waals surface area contributed by atoms with Crippen molar-refractivity contribution in [3.05, 3.63) is 42.5 Å². The second-order valence-corrected chi connectivity index (χ2v) is 11.4. The Morgan fingerprint density at radius 2 is 1.17 bits per heavy atom. The molecule has 0 radical (unpaired) electrons. The summed E-state index contributed by atoms with van der Waals surface area (Å²) in [5.74, 6) is -0.944. The molecule has 0 aromatic heterocycles. The molecule has 35 heavy (non-hydrogen) atoms. The maximum atomic E-state index is 13.1. The van der Waals surface area contributed by atoms with E-state index < -0.39 is 16.1 Å². The van der Waals surface area contributed by atoms with Crippen LogP contribution in [0.4, 0.5) is 0 Å². The first-order valence-electron chi connectivity index (χ1n) is 14.0. The van der Waals surface area contributed by atoms with Gasteiger partial charge < -0.3 is 4.18 Å². The summed E-state index contributed by atoms with van der Waals surface area (Å²) in [7, 11) is -4.17. The Morgan fingerprint density at radius 3 is 1.74 bits per heavy atom. The molecular formula is C30H46O4S. The van der Waals surface area contributed by atoms with Gasteiger partial charge in [0.25, 0.3) is 0 Å². The molecule has 0 aliphatic heterocycles. The van der Waals surface area contributed by atoms with Crippen LogP contribution in [-0.2, 0) is 19.1 Å². The third-order valence-electron chi connectivity index (χ3n) is 6.86. The molecule has 2 aromatic rings. The van der Waals surface area contributed by atoms with Crippen molar-refractivity contribution in [1.82, 2.24) is 0 Å². The quantitative estimate of drug-likeness (QED) is 0.142. The van der Waals surface area contributed by atoms with Crippen molar-refractivity contribution < 1.29 is 17.4 Å². The fraction of sp³-hybridized carbons (Fsp3) is 0.633. The Hall–Kier alpha value is -1.88. The van der Waals surface area contributed by atoms with Crippen molar-refractivity contribution in [2.45, 2.75) is 121 Å². The van der Waals surface area contributed by atoms with Crippen LogP contribution in [0, 0.1) is 5.92 Å². The van der Waals surface area contributed by atoms with E-state index in [0.29, 0.717) is 18.2 Å². The van der Waals surface area contributed by atoms with E-state index in [1.54, 1.807) is 18.2 Å². The lowest BCUT2D eigenvalue weighted by molar-refractivity contribution is -0.138. The van der Waals surface area contributed by atoms with Crippen molar-refractivity contribution in [3.63, 3.8) is 0 Å². The molecule has 2 aromatic carbocycles. The molecule has 0 fully saturated rings. The van der Waals surface area contributed by atoms with Gasteiger partial charge in [-0.15, -0.1) is 0 Å². The van der Waals surface area contributed by atoms with Crippen LogP contribution >= 0.6 is 0 Å². The lowest BCUT2D eigenvalue weighted by Gasteiger charge is -2.16. The minimum atomic E-state index is -4.17. The zero-order valence-electron chi connectivity index (χ0n) is 22.0. The molecule has 0 unspecified atom stereocenters. The standard InChI is InChI=1S/C30H46O4S/c1-3-5-7-9-11-13-15-21-27(22-16-14-12-10-8-6-4-2)30(31)34-35(32,33)29-25-19-23-26-20-17-18-24-28(26)29/h17-20,23-25,27H,3-16,21-22H2,1-2H3. The lowest BCUT2D eigenvalue weighted by Crippen LogP contribution is -2.22. The predicted octanol–water partition coefficient (Wildman–Crippen LogP) is 8.97. The molecule has 5 heteroatoms. The van der Waals surface area contributed by atoms with E-state index >= 15 is 0 Å². The maximum Gasteiger partial charge on any atom is 0.342 e. The predicted molar refractivity (Wildman–Crippen MR) is 146 cm³/mol. The molecule has 4 nitrogen and oxygen atoms in total. The van der Waals surface area contributed by atoms with E-state index in [2.05, 4.69) is 13.8 Å². The first-order valence-corrected chi connectivity index (χ1v) is 15.4. The number of benzene rings is 2. The largest absolute Gasteiger partial charge is 0.342 e. The van der Waals surface area contributed by atoms with Crippen LogP contribution in [0.3, 0.4) is 0 Å². The average molecular weight is 503 g/mol. The van der Waals surface area contributed by atoms with Gasteiger partial charge >= 0.3 is 16.1 Å². The van der Waals surface area contributed by atoms with E-state index in [-0.39, 0.29) is 10.8 Å². The summed E-state index contributed by atoms with van der Waals surface area (Å²) in [6.45, 7) is 4.43. The SMILES string of the molecule is CCCCCCCCCC(CCCCCCCCC)C(=O)OS(=O)(=O)c1cccc2ccccc12. The number of unbranched alkanes of at least 4 members (excludes halogenated alkanes) is 12.